The van der Waals surface area contributed by atoms with Crippen molar-refractivity contribution in [2.24, 2.45) is 0 Å². The van der Waals surface area contributed by atoms with Crippen molar-refractivity contribution in [1.82, 2.24) is 0 Å². The van der Waals surface area contributed by atoms with Gasteiger partial charge < -0.3 is 0 Å². The summed E-state index contributed by atoms with van der Waals surface area (Å²) in [6.07, 6.45) is 2.09. The summed E-state index contributed by atoms with van der Waals surface area (Å²) < 4.78 is 12.6. The van der Waals surface area contributed by atoms with Crippen LogP contribution >= 0.6 is 11.6 Å². The van der Waals surface area contributed by atoms with Crippen LogP contribution in [-0.4, -0.2) is 5.24 Å². The van der Waals surface area contributed by atoms with Crippen LogP contribution in [0, 0.1) is 5.82 Å². The molecule has 0 radical (unpaired) electrons. The zero-order valence-corrected chi connectivity index (χ0v) is 8.30. The SMILES string of the molecule is C=CCC(C(=O)Cl)c1ccc(F)cc1. The Balaban J connectivity index is 2.93. The van der Waals surface area contributed by atoms with E-state index in [-0.39, 0.29) is 5.82 Å². The number of allylic oxidation sites excluding steroid dienone is 1. The molecule has 1 nitrogen and oxygen atoms in total. The molecule has 0 bridgehead atoms. The highest BCUT2D eigenvalue weighted by atomic mass is 35.5. The molecule has 0 aliphatic carbocycles. The molecule has 0 saturated carbocycles. The zero-order valence-electron chi connectivity index (χ0n) is 7.54. The predicted octanol–water partition coefficient (Wildman–Crippen LogP) is 3.25. The Hall–Kier alpha value is -1.15. The Morgan fingerprint density at radius 3 is 2.50 bits per heavy atom. The molecule has 1 atom stereocenters. The Kier molecular flexibility index (Phi) is 3.84. The maximum atomic E-state index is 12.6. The first-order valence-corrected chi connectivity index (χ1v) is 4.58. The zero-order chi connectivity index (χ0) is 10.6. The van der Waals surface area contributed by atoms with E-state index in [1.54, 1.807) is 18.2 Å². The highest BCUT2D eigenvalue weighted by molar-refractivity contribution is 6.64. The van der Waals surface area contributed by atoms with E-state index in [0.717, 1.165) is 0 Å². The van der Waals surface area contributed by atoms with Crippen molar-refractivity contribution in [3.05, 3.63) is 48.3 Å². The van der Waals surface area contributed by atoms with Crippen molar-refractivity contribution >= 4 is 16.8 Å². The van der Waals surface area contributed by atoms with Crippen LogP contribution in [0.5, 0.6) is 0 Å². The Labute approximate surface area is 87.2 Å². The lowest BCUT2D eigenvalue weighted by atomic mass is 9.97. The van der Waals surface area contributed by atoms with Gasteiger partial charge in [0.05, 0.1) is 5.92 Å². The number of carbonyl (C=O) groups excluding carboxylic acids is 1. The first-order valence-electron chi connectivity index (χ1n) is 4.21. The standard InChI is InChI=1S/C11H10ClFO/c1-2-3-10(11(12)14)8-4-6-9(13)7-5-8/h2,4-7,10H,1,3H2. The Morgan fingerprint density at radius 2 is 2.07 bits per heavy atom. The van der Waals surface area contributed by atoms with Crippen molar-refractivity contribution in [3.8, 4) is 0 Å². The molecule has 0 aromatic heterocycles. The molecule has 0 amide bonds. The summed E-state index contributed by atoms with van der Waals surface area (Å²) in [5.74, 6) is -0.747. The predicted molar refractivity (Wildman–Crippen MR) is 54.8 cm³/mol. The number of carbonyl (C=O) groups is 1. The van der Waals surface area contributed by atoms with Gasteiger partial charge in [0.1, 0.15) is 5.82 Å². The van der Waals surface area contributed by atoms with Gasteiger partial charge >= 0.3 is 0 Å². The molecule has 0 N–H and O–H groups in total. The lowest BCUT2D eigenvalue weighted by molar-refractivity contribution is -0.112. The largest absolute Gasteiger partial charge is 0.281 e. The van der Waals surface area contributed by atoms with E-state index in [1.807, 2.05) is 0 Å². The highest BCUT2D eigenvalue weighted by Gasteiger charge is 2.16. The van der Waals surface area contributed by atoms with Crippen LogP contribution in [0.15, 0.2) is 36.9 Å². The van der Waals surface area contributed by atoms with Crippen LogP contribution < -0.4 is 0 Å². The molecule has 0 fully saturated rings. The molecule has 0 aliphatic heterocycles. The van der Waals surface area contributed by atoms with E-state index < -0.39 is 11.2 Å². The van der Waals surface area contributed by atoms with Gasteiger partial charge in [0.2, 0.25) is 5.24 Å². The molecule has 74 valence electrons. The summed E-state index contributed by atoms with van der Waals surface area (Å²) in [7, 11) is 0. The maximum Gasteiger partial charge on any atom is 0.229 e. The van der Waals surface area contributed by atoms with Gasteiger partial charge in [-0.3, -0.25) is 4.79 Å². The van der Waals surface area contributed by atoms with Crippen molar-refractivity contribution in [2.45, 2.75) is 12.3 Å². The monoisotopic (exact) mass is 212 g/mol. The van der Waals surface area contributed by atoms with Gasteiger partial charge in [-0.1, -0.05) is 18.2 Å². The summed E-state index contributed by atoms with van der Waals surface area (Å²) >= 11 is 5.42. The molecule has 0 saturated heterocycles. The first-order chi connectivity index (χ1) is 6.65. The smallest absolute Gasteiger partial charge is 0.229 e. The third-order valence-corrected chi connectivity index (χ3v) is 2.21. The number of rotatable bonds is 4. The Morgan fingerprint density at radius 1 is 1.50 bits per heavy atom. The van der Waals surface area contributed by atoms with Crippen molar-refractivity contribution < 1.29 is 9.18 Å². The number of benzene rings is 1. The molecule has 1 aromatic carbocycles. The van der Waals surface area contributed by atoms with Crippen LogP contribution in [0.25, 0.3) is 0 Å². The second-order valence-electron chi connectivity index (χ2n) is 2.93. The normalized spacial score (nSPS) is 12.1. The van der Waals surface area contributed by atoms with Crippen LogP contribution in [0.4, 0.5) is 4.39 Å². The third kappa shape index (κ3) is 2.67. The minimum Gasteiger partial charge on any atom is -0.281 e. The summed E-state index contributed by atoms with van der Waals surface area (Å²) in [6.45, 7) is 3.54. The molecule has 0 spiro atoms. The molecule has 3 heteroatoms. The van der Waals surface area contributed by atoms with E-state index in [1.165, 1.54) is 12.1 Å². The van der Waals surface area contributed by atoms with E-state index in [0.29, 0.717) is 12.0 Å². The second kappa shape index (κ2) is 4.91. The average Bonchev–Trinajstić information content (AvgIpc) is 2.15. The van der Waals surface area contributed by atoms with Gasteiger partial charge in [-0.25, -0.2) is 4.39 Å². The molecule has 1 aromatic rings. The van der Waals surface area contributed by atoms with Crippen LogP contribution in [0.1, 0.15) is 17.9 Å². The number of halogens is 2. The fraction of sp³-hybridized carbons (Fsp3) is 0.182. The lowest BCUT2D eigenvalue weighted by Crippen LogP contribution is -2.05. The van der Waals surface area contributed by atoms with Gasteiger partial charge in [-0.15, -0.1) is 6.58 Å². The van der Waals surface area contributed by atoms with E-state index in [9.17, 15) is 9.18 Å². The van der Waals surface area contributed by atoms with Crippen LogP contribution in [0.3, 0.4) is 0 Å². The number of hydrogen-bond acceptors (Lipinski definition) is 1. The Bertz CT molecular complexity index is 332. The molecule has 0 aliphatic rings. The third-order valence-electron chi connectivity index (χ3n) is 1.95. The average molecular weight is 213 g/mol. The van der Waals surface area contributed by atoms with E-state index in [4.69, 9.17) is 11.6 Å². The van der Waals surface area contributed by atoms with E-state index >= 15 is 0 Å². The molecule has 1 rings (SSSR count). The van der Waals surface area contributed by atoms with Crippen LogP contribution in [0.2, 0.25) is 0 Å². The van der Waals surface area contributed by atoms with Gasteiger partial charge in [-0.2, -0.15) is 0 Å². The van der Waals surface area contributed by atoms with Crippen LogP contribution in [-0.2, 0) is 4.79 Å². The minimum absolute atomic E-state index is 0.326. The number of hydrogen-bond donors (Lipinski definition) is 0. The molecule has 14 heavy (non-hydrogen) atoms. The molecular weight excluding hydrogens is 203 g/mol. The van der Waals surface area contributed by atoms with Crippen molar-refractivity contribution in [3.63, 3.8) is 0 Å². The summed E-state index contributed by atoms with van der Waals surface area (Å²) in [6, 6.07) is 5.74. The molecule has 0 heterocycles. The fourth-order valence-corrected chi connectivity index (χ4v) is 1.44. The van der Waals surface area contributed by atoms with Gasteiger partial charge in [0.15, 0.2) is 0 Å². The fourth-order valence-electron chi connectivity index (χ4n) is 1.22. The van der Waals surface area contributed by atoms with Crippen molar-refractivity contribution in [1.29, 1.82) is 0 Å². The van der Waals surface area contributed by atoms with Crippen molar-refractivity contribution in [2.75, 3.05) is 0 Å². The van der Waals surface area contributed by atoms with Gasteiger partial charge in [0.25, 0.3) is 0 Å². The topological polar surface area (TPSA) is 17.1 Å². The second-order valence-corrected chi connectivity index (χ2v) is 3.31. The highest BCUT2D eigenvalue weighted by Crippen LogP contribution is 2.22. The first kappa shape index (κ1) is 10.9. The maximum absolute atomic E-state index is 12.6. The summed E-state index contributed by atoms with van der Waals surface area (Å²) in [4.78, 5) is 11.0. The quantitative estimate of drug-likeness (QED) is 0.553. The van der Waals surface area contributed by atoms with E-state index in [2.05, 4.69) is 6.58 Å². The summed E-state index contributed by atoms with van der Waals surface area (Å²) in [5.41, 5.74) is 0.714. The minimum atomic E-state index is -0.448. The summed E-state index contributed by atoms with van der Waals surface area (Å²) in [5, 5.41) is -0.448. The van der Waals surface area contributed by atoms with Gasteiger partial charge in [-0.05, 0) is 35.7 Å². The lowest BCUT2D eigenvalue weighted by Gasteiger charge is -2.09. The van der Waals surface area contributed by atoms with Gasteiger partial charge in [0, 0.05) is 0 Å². The molecule has 1 unspecified atom stereocenters. The molecular formula is C11H10ClFO.